The third kappa shape index (κ3) is 2.89. The molecule has 2 rings (SSSR count). The van der Waals surface area contributed by atoms with Crippen molar-refractivity contribution >= 4 is 17.3 Å². The zero-order valence-electron chi connectivity index (χ0n) is 12.6. The molecule has 4 heteroatoms. The Morgan fingerprint density at radius 2 is 2.20 bits per heavy atom. The van der Waals surface area contributed by atoms with Crippen LogP contribution < -0.4 is 16.0 Å². The van der Waals surface area contributed by atoms with Gasteiger partial charge in [0.2, 0.25) is 5.91 Å². The highest BCUT2D eigenvalue weighted by atomic mass is 16.2. The number of benzene rings is 1. The van der Waals surface area contributed by atoms with E-state index in [2.05, 4.69) is 30.1 Å². The molecule has 20 heavy (non-hydrogen) atoms. The normalized spacial score (nSPS) is 16.6. The van der Waals surface area contributed by atoms with Crippen molar-refractivity contribution in [3.05, 3.63) is 23.8 Å². The Balaban J connectivity index is 2.07. The number of nitrogens with zero attached hydrogens (tertiary/aromatic N) is 1. The molecule has 0 bridgehead atoms. The highest BCUT2D eigenvalue weighted by molar-refractivity contribution is 5.86. The summed E-state index contributed by atoms with van der Waals surface area (Å²) in [4.78, 5) is 14.5. The highest BCUT2D eigenvalue weighted by Crippen LogP contribution is 2.33. The lowest BCUT2D eigenvalue weighted by atomic mass is 10.1. The van der Waals surface area contributed by atoms with Crippen LogP contribution in [0.5, 0.6) is 0 Å². The zero-order chi connectivity index (χ0) is 14.7. The average molecular weight is 275 g/mol. The number of nitrogen functional groups attached to an aromatic ring is 1. The van der Waals surface area contributed by atoms with Crippen molar-refractivity contribution in [2.45, 2.75) is 52.1 Å². The molecule has 0 fully saturated rings. The third-order valence-electron chi connectivity index (χ3n) is 4.06. The maximum absolute atomic E-state index is 12.3. The van der Waals surface area contributed by atoms with Crippen LogP contribution in [0.1, 0.15) is 39.2 Å². The number of carbonyl (C=O) groups excluding carboxylic acids is 1. The van der Waals surface area contributed by atoms with Crippen molar-refractivity contribution in [2.75, 3.05) is 17.2 Å². The summed E-state index contributed by atoms with van der Waals surface area (Å²) >= 11 is 0. The van der Waals surface area contributed by atoms with Gasteiger partial charge in [-0.05, 0) is 38.8 Å². The summed E-state index contributed by atoms with van der Waals surface area (Å²) in [5.74, 6) is 0.0984. The van der Waals surface area contributed by atoms with E-state index < -0.39 is 0 Å². The second-order valence-corrected chi connectivity index (χ2v) is 5.66. The van der Waals surface area contributed by atoms with Crippen LogP contribution in [0.15, 0.2) is 18.2 Å². The molecule has 1 aliphatic heterocycles. The van der Waals surface area contributed by atoms with Gasteiger partial charge in [0.15, 0.2) is 0 Å². The van der Waals surface area contributed by atoms with Crippen molar-refractivity contribution in [3.63, 3.8) is 0 Å². The van der Waals surface area contributed by atoms with Gasteiger partial charge in [-0.3, -0.25) is 4.79 Å². The molecule has 1 aromatic carbocycles. The standard InChI is InChI=1S/C16H25N3O/c1-4-6-11(2)18-16(20)12(3)19-10-9-13-14(17)7-5-8-15(13)19/h5,7-8,11-12H,4,6,9-10,17H2,1-3H3,(H,18,20). The molecule has 0 saturated heterocycles. The average Bonchev–Trinajstić information content (AvgIpc) is 2.83. The molecular formula is C16H25N3O. The minimum Gasteiger partial charge on any atom is -0.398 e. The van der Waals surface area contributed by atoms with Crippen molar-refractivity contribution in [1.29, 1.82) is 0 Å². The number of carbonyl (C=O) groups is 1. The van der Waals surface area contributed by atoms with Gasteiger partial charge in [0, 0.05) is 29.5 Å². The van der Waals surface area contributed by atoms with Gasteiger partial charge in [-0.1, -0.05) is 19.4 Å². The quantitative estimate of drug-likeness (QED) is 0.811. The summed E-state index contributed by atoms with van der Waals surface area (Å²) in [6.07, 6.45) is 3.02. The number of amides is 1. The molecular weight excluding hydrogens is 250 g/mol. The van der Waals surface area contributed by atoms with Crippen LogP contribution in [0.4, 0.5) is 11.4 Å². The van der Waals surface area contributed by atoms with E-state index in [0.29, 0.717) is 0 Å². The molecule has 0 spiro atoms. The molecule has 1 aliphatic rings. The Labute approximate surface area is 121 Å². The van der Waals surface area contributed by atoms with Gasteiger partial charge in [0.05, 0.1) is 0 Å². The molecule has 2 atom stereocenters. The summed E-state index contributed by atoms with van der Waals surface area (Å²) < 4.78 is 0. The van der Waals surface area contributed by atoms with Crippen LogP contribution in [0.2, 0.25) is 0 Å². The summed E-state index contributed by atoms with van der Waals surface area (Å²) in [6, 6.07) is 6.01. The largest absolute Gasteiger partial charge is 0.398 e. The number of nitrogens with two attached hydrogens (primary N) is 1. The Morgan fingerprint density at radius 3 is 2.90 bits per heavy atom. The first-order chi connectivity index (χ1) is 9.54. The van der Waals surface area contributed by atoms with Gasteiger partial charge in [-0.25, -0.2) is 0 Å². The van der Waals surface area contributed by atoms with E-state index in [1.54, 1.807) is 0 Å². The summed E-state index contributed by atoms with van der Waals surface area (Å²) in [6.45, 7) is 7.02. The lowest BCUT2D eigenvalue weighted by Crippen LogP contribution is -2.47. The van der Waals surface area contributed by atoms with Crippen LogP contribution in [0, 0.1) is 0 Å². The lowest BCUT2D eigenvalue weighted by Gasteiger charge is -2.27. The Hall–Kier alpha value is -1.71. The van der Waals surface area contributed by atoms with Gasteiger partial charge in [-0.2, -0.15) is 0 Å². The Kier molecular flexibility index (Phi) is 4.53. The van der Waals surface area contributed by atoms with E-state index in [0.717, 1.165) is 37.2 Å². The molecule has 4 nitrogen and oxygen atoms in total. The van der Waals surface area contributed by atoms with E-state index in [-0.39, 0.29) is 18.0 Å². The number of hydrogen-bond acceptors (Lipinski definition) is 3. The number of rotatable bonds is 5. The van der Waals surface area contributed by atoms with E-state index in [1.165, 1.54) is 5.56 Å². The molecule has 2 unspecified atom stereocenters. The van der Waals surface area contributed by atoms with Gasteiger partial charge < -0.3 is 16.0 Å². The molecule has 1 amide bonds. The highest BCUT2D eigenvalue weighted by Gasteiger charge is 2.28. The second kappa shape index (κ2) is 6.16. The fourth-order valence-corrected chi connectivity index (χ4v) is 2.90. The maximum Gasteiger partial charge on any atom is 0.242 e. The number of hydrogen-bond donors (Lipinski definition) is 2. The van der Waals surface area contributed by atoms with Crippen molar-refractivity contribution in [3.8, 4) is 0 Å². The number of nitrogens with one attached hydrogen (secondary N) is 1. The predicted molar refractivity (Wildman–Crippen MR) is 83.9 cm³/mol. The first-order valence-corrected chi connectivity index (χ1v) is 7.49. The molecule has 1 aromatic rings. The summed E-state index contributed by atoms with van der Waals surface area (Å²) in [7, 11) is 0. The van der Waals surface area contributed by atoms with Crippen LogP contribution in [-0.2, 0) is 11.2 Å². The minimum absolute atomic E-state index is 0.0984. The maximum atomic E-state index is 12.3. The van der Waals surface area contributed by atoms with E-state index in [4.69, 9.17) is 5.73 Å². The Morgan fingerprint density at radius 1 is 1.45 bits per heavy atom. The molecule has 0 saturated carbocycles. The topological polar surface area (TPSA) is 58.4 Å². The van der Waals surface area contributed by atoms with Gasteiger partial charge in [0.1, 0.15) is 6.04 Å². The van der Waals surface area contributed by atoms with Crippen molar-refractivity contribution in [1.82, 2.24) is 5.32 Å². The van der Waals surface area contributed by atoms with Crippen LogP contribution >= 0.6 is 0 Å². The SMILES string of the molecule is CCCC(C)NC(=O)C(C)N1CCc2c(N)cccc21. The number of fused-ring (bicyclic) bond motifs is 1. The van der Waals surface area contributed by atoms with Crippen LogP contribution in [-0.4, -0.2) is 24.5 Å². The predicted octanol–water partition coefficient (Wildman–Crippen LogP) is 2.32. The summed E-state index contributed by atoms with van der Waals surface area (Å²) in [5.41, 5.74) is 9.12. The molecule has 110 valence electrons. The number of anilines is 2. The van der Waals surface area contributed by atoms with Crippen LogP contribution in [0.3, 0.4) is 0 Å². The smallest absolute Gasteiger partial charge is 0.242 e. The second-order valence-electron chi connectivity index (χ2n) is 5.66. The monoisotopic (exact) mass is 275 g/mol. The van der Waals surface area contributed by atoms with Gasteiger partial charge in [0.25, 0.3) is 0 Å². The Bertz CT molecular complexity index is 487. The molecule has 0 aromatic heterocycles. The fraction of sp³-hybridized carbons (Fsp3) is 0.562. The van der Waals surface area contributed by atoms with E-state index in [9.17, 15) is 4.79 Å². The first-order valence-electron chi connectivity index (χ1n) is 7.49. The molecule has 3 N–H and O–H groups in total. The van der Waals surface area contributed by atoms with Gasteiger partial charge in [-0.15, -0.1) is 0 Å². The van der Waals surface area contributed by atoms with Crippen LogP contribution in [0.25, 0.3) is 0 Å². The van der Waals surface area contributed by atoms with E-state index >= 15 is 0 Å². The van der Waals surface area contributed by atoms with Gasteiger partial charge >= 0.3 is 0 Å². The van der Waals surface area contributed by atoms with E-state index in [1.807, 2.05) is 19.1 Å². The lowest BCUT2D eigenvalue weighted by molar-refractivity contribution is -0.122. The molecule has 0 aliphatic carbocycles. The fourth-order valence-electron chi connectivity index (χ4n) is 2.90. The summed E-state index contributed by atoms with van der Waals surface area (Å²) in [5, 5.41) is 3.09. The first kappa shape index (κ1) is 14.7. The van der Waals surface area contributed by atoms with Crippen molar-refractivity contribution in [2.24, 2.45) is 0 Å². The third-order valence-corrected chi connectivity index (χ3v) is 4.06. The minimum atomic E-state index is -0.155. The molecule has 0 radical (unpaired) electrons. The zero-order valence-corrected chi connectivity index (χ0v) is 12.6. The molecule has 1 heterocycles. The van der Waals surface area contributed by atoms with Crippen molar-refractivity contribution < 1.29 is 4.79 Å².